The van der Waals surface area contributed by atoms with Crippen LogP contribution in [0.15, 0.2) is 64.5 Å². The van der Waals surface area contributed by atoms with E-state index in [1.54, 1.807) is 24.4 Å². The molecule has 1 N–H and O–H groups in total. The Kier molecular flexibility index (Phi) is 4.54. The Labute approximate surface area is 153 Å². The fourth-order valence-electron chi connectivity index (χ4n) is 2.88. The molecule has 1 aromatic heterocycles. The van der Waals surface area contributed by atoms with Crippen molar-refractivity contribution in [2.24, 2.45) is 0 Å². The van der Waals surface area contributed by atoms with Gasteiger partial charge in [0, 0.05) is 35.5 Å². The van der Waals surface area contributed by atoms with E-state index in [0.717, 1.165) is 23.1 Å². The quantitative estimate of drug-likeness (QED) is 0.740. The third kappa shape index (κ3) is 3.59. The van der Waals surface area contributed by atoms with Crippen LogP contribution in [0.5, 0.6) is 0 Å². The van der Waals surface area contributed by atoms with Crippen LogP contribution in [0.25, 0.3) is 22.4 Å². The van der Waals surface area contributed by atoms with Gasteiger partial charge >= 0.3 is 0 Å². The van der Waals surface area contributed by atoms with E-state index in [1.165, 1.54) is 18.4 Å². The van der Waals surface area contributed by atoms with Crippen molar-refractivity contribution >= 4 is 19.7 Å². The maximum absolute atomic E-state index is 12.3. The van der Waals surface area contributed by atoms with Crippen molar-refractivity contribution in [3.8, 4) is 22.4 Å². The molecule has 0 fully saturated rings. The number of nitrogens with one attached hydrogen (secondary N) is 1. The Bertz CT molecular complexity index is 1160. The fourth-order valence-corrected chi connectivity index (χ4v) is 4.48. The second-order valence-electron chi connectivity index (χ2n) is 6.32. The lowest BCUT2D eigenvalue weighted by Crippen LogP contribution is -2.02. The van der Waals surface area contributed by atoms with Gasteiger partial charge in [0.25, 0.3) is 0 Å². The van der Waals surface area contributed by atoms with Crippen LogP contribution < -0.4 is 0 Å². The number of rotatable bonds is 4. The van der Waals surface area contributed by atoms with Gasteiger partial charge in [-0.3, -0.25) is 0 Å². The van der Waals surface area contributed by atoms with Gasteiger partial charge in [0.05, 0.1) is 9.79 Å². The van der Waals surface area contributed by atoms with Crippen molar-refractivity contribution < 1.29 is 16.8 Å². The van der Waals surface area contributed by atoms with Crippen molar-refractivity contribution in [2.45, 2.75) is 16.7 Å². The molecule has 0 amide bonds. The molecule has 0 saturated heterocycles. The summed E-state index contributed by atoms with van der Waals surface area (Å²) in [4.78, 5) is 3.54. The summed E-state index contributed by atoms with van der Waals surface area (Å²) in [5.41, 5.74) is 3.80. The molecule has 7 heteroatoms. The van der Waals surface area contributed by atoms with Crippen LogP contribution in [-0.4, -0.2) is 34.3 Å². The van der Waals surface area contributed by atoms with Gasteiger partial charge in [-0.15, -0.1) is 0 Å². The minimum Gasteiger partial charge on any atom is -0.361 e. The van der Waals surface area contributed by atoms with Gasteiger partial charge in [-0.1, -0.05) is 12.1 Å². The molecule has 0 aliphatic carbocycles. The highest BCUT2D eigenvalue weighted by atomic mass is 32.2. The summed E-state index contributed by atoms with van der Waals surface area (Å²) in [6.45, 7) is 1.86. The molecular formula is C19H19NO4S2. The Balaban J connectivity index is 2.26. The van der Waals surface area contributed by atoms with Gasteiger partial charge < -0.3 is 4.98 Å². The summed E-state index contributed by atoms with van der Waals surface area (Å²) in [5, 5.41) is 0. The number of aromatic nitrogens is 1. The lowest BCUT2D eigenvalue weighted by molar-refractivity contribution is 0.600. The molecule has 136 valence electrons. The predicted octanol–water partition coefficient (Wildman–Crippen LogP) is 3.46. The standard InChI is InChI=1S/C19H19NO4S2/c1-13-11-19(26(3,23)24)17(12-16(13)18-5-4-10-20-18)14-6-8-15(9-7-14)25(2,21)22/h4-12,20H,1-3H3. The molecule has 0 aliphatic heterocycles. The van der Waals surface area contributed by atoms with Gasteiger partial charge in [0.2, 0.25) is 0 Å². The van der Waals surface area contributed by atoms with Gasteiger partial charge in [-0.25, -0.2) is 16.8 Å². The lowest BCUT2D eigenvalue weighted by Gasteiger charge is -2.14. The van der Waals surface area contributed by atoms with E-state index < -0.39 is 19.7 Å². The van der Waals surface area contributed by atoms with E-state index >= 15 is 0 Å². The second-order valence-corrected chi connectivity index (χ2v) is 10.3. The first-order valence-electron chi connectivity index (χ1n) is 7.86. The van der Waals surface area contributed by atoms with Gasteiger partial charge in [-0.05, 0) is 54.4 Å². The summed E-state index contributed by atoms with van der Waals surface area (Å²) in [5.74, 6) is 0. The summed E-state index contributed by atoms with van der Waals surface area (Å²) in [7, 11) is -6.77. The van der Waals surface area contributed by atoms with Crippen molar-refractivity contribution in [3.63, 3.8) is 0 Å². The monoisotopic (exact) mass is 389 g/mol. The fraction of sp³-hybridized carbons (Fsp3) is 0.158. The van der Waals surface area contributed by atoms with Crippen LogP contribution >= 0.6 is 0 Å². The summed E-state index contributed by atoms with van der Waals surface area (Å²) >= 11 is 0. The smallest absolute Gasteiger partial charge is 0.176 e. The average molecular weight is 389 g/mol. The Morgan fingerprint density at radius 2 is 1.46 bits per heavy atom. The van der Waals surface area contributed by atoms with E-state index in [9.17, 15) is 16.8 Å². The number of aromatic amines is 1. The van der Waals surface area contributed by atoms with Crippen molar-refractivity contribution in [3.05, 3.63) is 60.3 Å². The second kappa shape index (κ2) is 6.41. The van der Waals surface area contributed by atoms with Crippen LogP contribution in [0, 0.1) is 6.92 Å². The first-order valence-corrected chi connectivity index (χ1v) is 11.6. The third-order valence-corrected chi connectivity index (χ3v) is 6.47. The lowest BCUT2D eigenvalue weighted by atomic mass is 9.98. The number of H-pyrrole nitrogens is 1. The highest BCUT2D eigenvalue weighted by Crippen LogP contribution is 2.34. The highest BCUT2D eigenvalue weighted by molar-refractivity contribution is 7.91. The molecule has 0 radical (unpaired) electrons. The molecule has 0 unspecified atom stereocenters. The first-order chi connectivity index (χ1) is 12.1. The summed E-state index contributed by atoms with van der Waals surface area (Å²) in [6, 6.07) is 13.5. The zero-order chi connectivity index (χ0) is 19.1. The van der Waals surface area contributed by atoms with E-state index in [2.05, 4.69) is 4.98 Å². The van der Waals surface area contributed by atoms with Crippen LogP contribution in [0.1, 0.15) is 5.56 Å². The number of hydrogen-bond donors (Lipinski definition) is 1. The molecule has 5 nitrogen and oxygen atoms in total. The first kappa shape index (κ1) is 18.4. The van der Waals surface area contributed by atoms with Crippen molar-refractivity contribution in [2.75, 3.05) is 12.5 Å². The third-order valence-electron chi connectivity index (χ3n) is 4.21. The molecule has 0 bridgehead atoms. The molecule has 1 heterocycles. The van der Waals surface area contributed by atoms with E-state index in [1.807, 2.05) is 25.1 Å². The number of hydrogen-bond acceptors (Lipinski definition) is 4. The number of aryl methyl sites for hydroxylation is 1. The molecular weight excluding hydrogens is 370 g/mol. The predicted molar refractivity (Wildman–Crippen MR) is 103 cm³/mol. The number of sulfone groups is 2. The number of benzene rings is 2. The summed E-state index contributed by atoms with van der Waals surface area (Å²) < 4.78 is 47.9. The molecule has 0 aliphatic rings. The molecule has 26 heavy (non-hydrogen) atoms. The van der Waals surface area contributed by atoms with E-state index in [0.29, 0.717) is 11.1 Å². The molecule has 0 saturated carbocycles. The maximum atomic E-state index is 12.3. The van der Waals surface area contributed by atoms with Gasteiger partial charge in [0.15, 0.2) is 19.7 Å². The van der Waals surface area contributed by atoms with Crippen LogP contribution in [0.4, 0.5) is 0 Å². The van der Waals surface area contributed by atoms with Crippen molar-refractivity contribution in [1.82, 2.24) is 4.98 Å². The van der Waals surface area contributed by atoms with Crippen LogP contribution in [0.2, 0.25) is 0 Å². The zero-order valence-electron chi connectivity index (χ0n) is 14.6. The van der Waals surface area contributed by atoms with Crippen molar-refractivity contribution in [1.29, 1.82) is 0 Å². The normalized spacial score (nSPS) is 12.3. The largest absolute Gasteiger partial charge is 0.361 e. The van der Waals surface area contributed by atoms with Gasteiger partial charge in [-0.2, -0.15) is 0 Å². The van der Waals surface area contributed by atoms with Crippen LogP contribution in [-0.2, 0) is 19.7 Å². The Morgan fingerprint density at radius 3 is 1.96 bits per heavy atom. The van der Waals surface area contributed by atoms with E-state index in [-0.39, 0.29) is 9.79 Å². The summed E-state index contributed by atoms with van der Waals surface area (Å²) in [6.07, 6.45) is 4.11. The highest BCUT2D eigenvalue weighted by Gasteiger charge is 2.19. The molecule has 3 rings (SSSR count). The van der Waals surface area contributed by atoms with E-state index in [4.69, 9.17) is 0 Å². The Morgan fingerprint density at radius 1 is 0.808 bits per heavy atom. The minimum absolute atomic E-state index is 0.193. The SMILES string of the molecule is Cc1cc(S(C)(=O)=O)c(-c2ccc(S(C)(=O)=O)cc2)cc1-c1ccc[nH]1. The van der Waals surface area contributed by atoms with Gasteiger partial charge in [0.1, 0.15) is 0 Å². The molecule has 0 atom stereocenters. The Hall–Kier alpha value is -2.38. The zero-order valence-corrected chi connectivity index (χ0v) is 16.3. The molecule has 2 aromatic carbocycles. The average Bonchev–Trinajstić information content (AvgIpc) is 3.07. The topological polar surface area (TPSA) is 84.1 Å². The van der Waals surface area contributed by atoms with Crippen LogP contribution in [0.3, 0.4) is 0 Å². The molecule has 0 spiro atoms. The maximum Gasteiger partial charge on any atom is 0.176 e. The minimum atomic E-state index is -3.46. The molecule has 3 aromatic rings.